The molecule has 0 aliphatic heterocycles. The molecule has 0 aliphatic carbocycles. The Balaban J connectivity index is 4.41. The van der Waals surface area contributed by atoms with E-state index in [1.807, 2.05) is 0 Å². The van der Waals surface area contributed by atoms with Gasteiger partial charge in [-0.1, -0.05) is 204 Å². The van der Waals surface area contributed by atoms with Gasteiger partial charge in [-0.25, -0.2) is 0 Å². The van der Waals surface area contributed by atoms with Crippen molar-refractivity contribution in [3.05, 3.63) is 48.6 Å². The van der Waals surface area contributed by atoms with Gasteiger partial charge < -0.3 is 14.2 Å². The third-order valence-corrected chi connectivity index (χ3v) is 11.8. The molecule has 0 amide bonds. The Kier molecular flexibility index (Phi) is 49.8. The number of carbonyl (C=O) groups is 3. The van der Waals surface area contributed by atoms with Crippen molar-refractivity contribution in [2.24, 2.45) is 0 Å². The number of hydrogen-bond acceptors (Lipinski definition) is 6. The molecule has 0 fully saturated rings. The van der Waals surface area contributed by atoms with Gasteiger partial charge >= 0.3 is 17.9 Å². The number of esters is 3. The lowest BCUT2D eigenvalue weighted by atomic mass is 10.1. The average Bonchev–Trinajstić information content (AvgIpc) is 3.28. The Labute approximate surface area is 390 Å². The van der Waals surface area contributed by atoms with Gasteiger partial charge in [0.1, 0.15) is 13.2 Å². The van der Waals surface area contributed by atoms with Crippen LogP contribution in [0.25, 0.3) is 0 Å². The van der Waals surface area contributed by atoms with Gasteiger partial charge in [-0.15, -0.1) is 0 Å². The molecule has 0 radical (unpaired) electrons. The molecule has 0 aromatic rings. The minimum Gasteiger partial charge on any atom is -0.462 e. The molecule has 1 unspecified atom stereocenters. The highest BCUT2D eigenvalue weighted by atomic mass is 16.6. The summed E-state index contributed by atoms with van der Waals surface area (Å²) in [6.45, 7) is 6.59. The molecule has 0 saturated carbocycles. The number of allylic oxidation sites excluding steroid dienone is 8. The summed E-state index contributed by atoms with van der Waals surface area (Å²) in [5, 5.41) is 0. The largest absolute Gasteiger partial charge is 0.462 e. The van der Waals surface area contributed by atoms with Crippen molar-refractivity contribution in [2.45, 2.75) is 284 Å². The number of rotatable bonds is 49. The minimum atomic E-state index is -0.785. The highest BCUT2D eigenvalue weighted by molar-refractivity contribution is 5.71. The van der Waals surface area contributed by atoms with E-state index in [0.29, 0.717) is 19.3 Å². The van der Waals surface area contributed by atoms with E-state index in [2.05, 4.69) is 69.4 Å². The Morgan fingerprint density at radius 2 is 0.571 bits per heavy atom. The Hall–Kier alpha value is -2.63. The summed E-state index contributed by atoms with van der Waals surface area (Å²) < 4.78 is 16.8. The van der Waals surface area contributed by atoms with E-state index in [9.17, 15) is 14.4 Å². The number of unbranched alkanes of at least 4 members (excludes halogenated alkanes) is 30. The third kappa shape index (κ3) is 50.2. The first-order chi connectivity index (χ1) is 31.0. The smallest absolute Gasteiger partial charge is 0.306 e. The van der Waals surface area contributed by atoms with E-state index in [4.69, 9.17) is 14.2 Å². The lowest BCUT2D eigenvalue weighted by molar-refractivity contribution is -0.167. The Morgan fingerprint density at radius 3 is 0.921 bits per heavy atom. The van der Waals surface area contributed by atoms with Crippen LogP contribution in [0.1, 0.15) is 278 Å². The maximum atomic E-state index is 12.8. The lowest BCUT2D eigenvalue weighted by Gasteiger charge is -2.18. The zero-order valence-corrected chi connectivity index (χ0v) is 41.8. The summed E-state index contributed by atoms with van der Waals surface area (Å²) in [7, 11) is 0. The van der Waals surface area contributed by atoms with E-state index >= 15 is 0 Å². The Bertz CT molecular complexity index is 1110. The maximum absolute atomic E-state index is 12.8. The van der Waals surface area contributed by atoms with Crippen LogP contribution in [0, 0.1) is 0 Å². The van der Waals surface area contributed by atoms with Gasteiger partial charge in [-0.2, -0.15) is 0 Å². The molecule has 0 heterocycles. The predicted octanol–water partition coefficient (Wildman–Crippen LogP) is 17.9. The molecule has 1 atom stereocenters. The van der Waals surface area contributed by atoms with Crippen LogP contribution < -0.4 is 0 Å². The maximum Gasteiger partial charge on any atom is 0.306 e. The Morgan fingerprint density at radius 1 is 0.317 bits per heavy atom. The highest BCUT2D eigenvalue weighted by Crippen LogP contribution is 2.14. The standard InChI is InChI=1S/C57H102O6/c1-4-7-10-13-16-19-22-25-28-31-34-37-40-43-46-49-55(58)61-52-54(63-57(60)51-48-45-42-39-36-33-30-27-24-21-18-15-12-9-6-3)53-62-56(59)50-47-44-41-38-35-32-29-26-23-20-17-14-11-8-5-2/h16,19,25-30,54H,4-15,17-18,20-24,31-53H2,1-3H3/b19-16-,28-25-,29-26+,30-27+. The van der Waals surface area contributed by atoms with Crippen molar-refractivity contribution in [2.75, 3.05) is 13.2 Å². The van der Waals surface area contributed by atoms with Crippen LogP contribution in [0.4, 0.5) is 0 Å². The molecule has 0 N–H and O–H groups in total. The molecule has 0 spiro atoms. The molecule has 0 aromatic carbocycles. The van der Waals surface area contributed by atoms with E-state index in [1.54, 1.807) is 0 Å². The van der Waals surface area contributed by atoms with Crippen molar-refractivity contribution in [3.8, 4) is 0 Å². The van der Waals surface area contributed by atoms with Crippen LogP contribution in [0.2, 0.25) is 0 Å². The van der Waals surface area contributed by atoms with Crippen LogP contribution >= 0.6 is 0 Å². The second-order valence-corrected chi connectivity index (χ2v) is 18.1. The quantitative estimate of drug-likeness (QED) is 0.0262. The molecule has 366 valence electrons. The zero-order valence-electron chi connectivity index (χ0n) is 41.8. The normalized spacial score (nSPS) is 12.4. The van der Waals surface area contributed by atoms with Crippen LogP contribution in [-0.4, -0.2) is 37.2 Å². The fraction of sp³-hybridized carbons (Fsp3) is 0.807. The third-order valence-electron chi connectivity index (χ3n) is 11.8. The van der Waals surface area contributed by atoms with E-state index in [-0.39, 0.29) is 31.1 Å². The van der Waals surface area contributed by atoms with Gasteiger partial charge in [-0.3, -0.25) is 14.4 Å². The average molecular weight is 883 g/mol. The van der Waals surface area contributed by atoms with Gasteiger partial charge in [0.25, 0.3) is 0 Å². The van der Waals surface area contributed by atoms with Crippen LogP contribution in [0.15, 0.2) is 48.6 Å². The fourth-order valence-electron chi connectivity index (χ4n) is 7.64. The lowest BCUT2D eigenvalue weighted by Crippen LogP contribution is -2.30. The van der Waals surface area contributed by atoms with Gasteiger partial charge in [0.05, 0.1) is 0 Å². The first kappa shape index (κ1) is 60.4. The number of carbonyl (C=O) groups excluding carboxylic acids is 3. The van der Waals surface area contributed by atoms with Crippen molar-refractivity contribution >= 4 is 17.9 Å². The summed E-state index contributed by atoms with van der Waals surface area (Å²) in [6.07, 6.45) is 62.3. The predicted molar refractivity (Wildman–Crippen MR) is 270 cm³/mol. The SMILES string of the molecule is CCCCC/C=C\C/C=C\CCCCCCCC(=O)OCC(COC(=O)CCCCCCC/C=C/CCCCCCCC)OC(=O)CCCCCCC/C=C/CCCCCCCC. The first-order valence-electron chi connectivity index (χ1n) is 27.1. The molecular weight excluding hydrogens is 781 g/mol. The molecule has 0 saturated heterocycles. The summed E-state index contributed by atoms with van der Waals surface area (Å²) in [4.78, 5) is 38.0. The zero-order chi connectivity index (χ0) is 45.8. The highest BCUT2D eigenvalue weighted by Gasteiger charge is 2.19. The van der Waals surface area contributed by atoms with Crippen LogP contribution in [0.3, 0.4) is 0 Å². The molecule has 6 nitrogen and oxygen atoms in total. The van der Waals surface area contributed by atoms with Crippen molar-refractivity contribution in [1.82, 2.24) is 0 Å². The van der Waals surface area contributed by atoms with Crippen LogP contribution in [-0.2, 0) is 28.6 Å². The summed E-state index contributed by atoms with van der Waals surface area (Å²) in [6, 6.07) is 0. The van der Waals surface area contributed by atoms with Crippen molar-refractivity contribution < 1.29 is 28.6 Å². The van der Waals surface area contributed by atoms with Crippen LogP contribution in [0.5, 0.6) is 0 Å². The van der Waals surface area contributed by atoms with Crippen molar-refractivity contribution in [1.29, 1.82) is 0 Å². The van der Waals surface area contributed by atoms with E-state index < -0.39 is 6.10 Å². The summed E-state index contributed by atoms with van der Waals surface area (Å²) >= 11 is 0. The second-order valence-electron chi connectivity index (χ2n) is 18.1. The molecule has 6 heteroatoms. The molecular formula is C57H102O6. The van der Waals surface area contributed by atoms with Crippen molar-refractivity contribution in [3.63, 3.8) is 0 Å². The van der Waals surface area contributed by atoms with E-state index in [0.717, 1.165) is 96.3 Å². The molecule has 0 bridgehead atoms. The van der Waals surface area contributed by atoms with Gasteiger partial charge in [0.15, 0.2) is 6.10 Å². The number of hydrogen-bond donors (Lipinski definition) is 0. The fourth-order valence-corrected chi connectivity index (χ4v) is 7.64. The molecule has 0 rings (SSSR count). The van der Waals surface area contributed by atoms with Gasteiger partial charge in [0, 0.05) is 19.3 Å². The molecule has 0 aliphatic rings. The monoisotopic (exact) mass is 883 g/mol. The van der Waals surface area contributed by atoms with E-state index in [1.165, 1.54) is 141 Å². The minimum absolute atomic E-state index is 0.0843. The van der Waals surface area contributed by atoms with Gasteiger partial charge in [-0.05, 0) is 103 Å². The molecule has 63 heavy (non-hydrogen) atoms. The summed E-state index contributed by atoms with van der Waals surface area (Å²) in [5.74, 6) is -0.906. The molecule has 0 aromatic heterocycles. The number of ether oxygens (including phenoxy) is 3. The topological polar surface area (TPSA) is 78.9 Å². The second kappa shape index (κ2) is 52.0. The van der Waals surface area contributed by atoms with Gasteiger partial charge in [0.2, 0.25) is 0 Å². The summed E-state index contributed by atoms with van der Waals surface area (Å²) in [5.41, 5.74) is 0. The first-order valence-corrected chi connectivity index (χ1v) is 27.1.